The van der Waals surface area contributed by atoms with Crippen LogP contribution in [-0.4, -0.2) is 28.5 Å². The van der Waals surface area contributed by atoms with Crippen molar-refractivity contribution in [3.05, 3.63) is 0 Å². The Balaban J connectivity index is 2.05. The molecule has 0 spiro atoms. The summed E-state index contributed by atoms with van der Waals surface area (Å²) in [5.41, 5.74) is 0.510. The zero-order chi connectivity index (χ0) is 8.48. The summed E-state index contributed by atoms with van der Waals surface area (Å²) < 4.78 is 0.924. The molecule has 0 aromatic heterocycles. The molecule has 0 amide bonds. The third kappa shape index (κ3) is 3.74. The second kappa shape index (κ2) is 3.60. The topological polar surface area (TPSA) is 3.24 Å². The fourth-order valence-corrected chi connectivity index (χ4v) is 2.30. The molecular formula is C9H18IN. The zero-order valence-corrected chi connectivity index (χ0v) is 9.89. The van der Waals surface area contributed by atoms with E-state index in [1.165, 1.54) is 26.1 Å². The van der Waals surface area contributed by atoms with Gasteiger partial charge in [-0.1, -0.05) is 43.4 Å². The Labute approximate surface area is 83.7 Å². The number of halogens is 1. The molecule has 0 saturated carbocycles. The molecule has 1 heterocycles. The van der Waals surface area contributed by atoms with E-state index in [1.807, 2.05) is 0 Å². The van der Waals surface area contributed by atoms with Gasteiger partial charge in [0.2, 0.25) is 0 Å². The fraction of sp³-hybridized carbons (Fsp3) is 1.00. The Bertz CT molecular complexity index is 122. The van der Waals surface area contributed by atoms with E-state index in [4.69, 9.17) is 0 Å². The first-order valence-corrected chi connectivity index (χ1v) is 5.58. The Morgan fingerprint density at radius 3 is 2.27 bits per heavy atom. The van der Waals surface area contributed by atoms with E-state index in [9.17, 15) is 0 Å². The molecule has 0 aliphatic carbocycles. The van der Waals surface area contributed by atoms with E-state index in [2.05, 4.69) is 48.3 Å². The average molecular weight is 267 g/mol. The van der Waals surface area contributed by atoms with Gasteiger partial charge in [-0.3, -0.25) is 0 Å². The molecule has 1 aliphatic rings. The van der Waals surface area contributed by atoms with Gasteiger partial charge in [0.05, 0.1) is 0 Å². The highest BCUT2D eigenvalue weighted by Gasteiger charge is 2.24. The lowest BCUT2D eigenvalue weighted by molar-refractivity contribution is 0.169. The van der Waals surface area contributed by atoms with Crippen LogP contribution < -0.4 is 0 Å². The lowest BCUT2D eigenvalue weighted by Crippen LogP contribution is -2.48. The van der Waals surface area contributed by atoms with E-state index in [-0.39, 0.29) is 0 Å². The molecule has 1 saturated heterocycles. The van der Waals surface area contributed by atoms with Gasteiger partial charge in [-0.2, -0.15) is 0 Å². The zero-order valence-electron chi connectivity index (χ0n) is 7.73. The van der Waals surface area contributed by atoms with Crippen molar-refractivity contribution in [1.29, 1.82) is 0 Å². The third-order valence-corrected chi connectivity index (χ3v) is 2.88. The predicted molar refractivity (Wildman–Crippen MR) is 58.3 cm³/mol. The van der Waals surface area contributed by atoms with Crippen LogP contribution in [-0.2, 0) is 0 Å². The number of nitrogens with zero attached hydrogens (tertiary/aromatic N) is 1. The van der Waals surface area contributed by atoms with E-state index >= 15 is 0 Å². The predicted octanol–water partition coefficient (Wildman–Crippen LogP) is 2.54. The van der Waals surface area contributed by atoms with Crippen LogP contribution in [0.5, 0.6) is 0 Å². The fourth-order valence-electron chi connectivity index (χ4n) is 1.18. The number of hydrogen-bond donors (Lipinski definition) is 0. The van der Waals surface area contributed by atoms with Gasteiger partial charge in [-0.05, 0) is 18.4 Å². The highest BCUT2D eigenvalue weighted by Crippen LogP contribution is 2.22. The second-order valence-corrected chi connectivity index (χ2v) is 6.43. The van der Waals surface area contributed by atoms with Crippen molar-refractivity contribution in [3.63, 3.8) is 0 Å². The maximum atomic E-state index is 2.54. The minimum Gasteiger partial charge on any atom is -0.301 e. The second-order valence-electron chi connectivity index (χ2n) is 4.67. The molecule has 11 heavy (non-hydrogen) atoms. The molecule has 0 unspecified atom stereocenters. The molecule has 0 bridgehead atoms. The van der Waals surface area contributed by atoms with Crippen molar-refractivity contribution in [2.45, 2.75) is 31.1 Å². The summed E-state index contributed by atoms with van der Waals surface area (Å²) in [5.74, 6) is 0. The lowest BCUT2D eigenvalue weighted by atomic mass is 9.91. The SMILES string of the molecule is CC(C)(C)CCN1CC(I)C1. The minimum absolute atomic E-state index is 0.510. The van der Waals surface area contributed by atoms with Crippen LogP contribution in [0.25, 0.3) is 0 Å². The lowest BCUT2D eigenvalue weighted by Gasteiger charge is -2.37. The summed E-state index contributed by atoms with van der Waals surface area (Å²) in [7, 11) is 0. The summed E-state index contributed by atoms with van der Waals surface area (Å²) >= 11 is 2.53. The van der Waals surface area contributed by atoms with Crippen molar-refractivity contribution in [2.75, 3.05) is 19.6 Å². The van der Waals surface area contributed by atoms with Gasteiger partial charge in [0.1, 0.15) is 0 Å². The van der Waals surface area contributed by atoms with Crippen molar-refractivity contribution < 1.29 is 0 Å². The van der Waals surface area contributed by atoms with Gasteiger partial charge in [-0.25, -0.2) is 0 Å². The minimum atomic E-state index is 0.510. The molecule has 1 fully saturated rings. The molecule has 1 rings (SSSR count). The third-order valence-electron chi connectivity index (χ3n) is 2.09. The maximum absolute atomic E-state index is 2.54. The van der Waals surface area contributed by atoms with Gasteiger partial charge >= 0.3 is 0 Å². The molecule has 2 heteroatoms. The smallest absolute Gasteiger partial charge is 0.0364 e. The van der Waals surface area contributed by atoms with Crippen LogP contribution in [0.1, 0.15) is 27.2 Å². The Morgan fingerprint density at radius 2 is 1.91 bits per heavy atom. The molecule has 0 aromatic rings. The van der Waals surface area contributed by atoms with Gasteiger partial charge < -0.3 is 4.90 Å². The highest BCUT2D eigenvalue weighted by molar-refractivity contribution is 14.1. The normalized spacial score (nSPS) is 21.8. The quantitative estimate of drug-likeness (QED) is 0.549. The Hall–Kier alpha value is 0.690. The van der Waals surface area contributed by atoms with Crippen LogP contribution in [0, 0.1) is 5.41 Å². The van der Waals surface area contributed by atoms with Crippen LogP contribution in [0.3, 0.4) is 0 Å². The first-order valence-electron chi connectivity index (χ1n) is 4.34. The molecule has 0 aromatic carbocycles. The van der Waals surface area contributed by atoms with E-state index in [0.717, 1.165) is 3.92 Å². The van der Waals surface area contributed by atoms with Crippen LogP contribution in [0.15, 0.2) is 0 Å². The summed E-state index contributed by atoms with van der Waals surface area (Å²) in [5, 5.41) is 0. The molecule has 66 valence electrons. The van der Waals surface area contributed by atoms with Gasteiger partial charge in [-0.15, -0.1) is 0 Å². The van der Waals surface area contributed by atoms with Crippen molar-refractivity contribution >= 4 is 22.6 Å². The molecule has 0 atom stereocenters. The first kappa shape index (κ1) is 9.78. The highest BCUT2D eigenvalue weighted by atomic mass is 127. The molecule has 1 aliphatic heterocycles. The van der Waals surface area contributed by atoms with Gasteiger partial charge in [0, 0.05) is 17.0 Å². The van der Waals surface area contributed by atoms with Crippen LogP contribution in [0.4, 0.5) is 0 Å². The van der Waals surface area contributed by atoms with Crippen molar-refractivity contribution in [3.8, 4) is 0 Å². The summed E-state index contributed by atoms with van der Waals surface area (Å²) in [6, 6.07) is 0. The van der Waals surface area contributed by atoms with E-state index in [1.54, 1.807) is 0 Å². The van der Waals surface area contributed by atoms with E-state index in [0.29, 0.717) is 5.41 Å². The van der Waals surface area contributed by atoms with Crippen LogP contribution in [0.2, 0.25) is 0 Å². The van der Waals surface area contributed by atoms with Gasteiger partial charge in [0.15, 0.2) is 0 Å². The molecular weight excluding hydrogens is 249 g/mol. The Morgan fingerprint density at radius 1 is 1.36 bits per heavy atom. The number of alkyl halides is 1. The standard InChI is InChI=1S/C9H18IN/c1-9(2,3)4-5-11-6-8(10)7-11/h8H,4-7H2,1-3H3. The largest absolute Gasteiger partial charge is 0.301 e. The average Bonchev–Trinajstić information content (AvgIpc) is 1.75. The summed E-state index contributed by atoms with van der Waals surface area (Å²) in [4.78, 5) is 2.54. The first-order chi connectivity index (χ1) is 4.97. The molecule has 0 N–H and O–H groups in total. The summed E-state index contributed by atoms with van der Waals surface area (Å²) in [6.45, 7) is 10.9. The van der Waals surface area contributed by atoms with Crippen molar-refractivity contribution in [2.24, 2.45) is 5.41 Å². The number of likely N-dealkylation sites (tertiary alicyclic amines) is 1. The van der Waals surface area contributed by atoms with E-state index < -0.39 is 0 Å². The van der Waals surface area contributed by atoms with Crippen LogP contribution >= 0.6 is 22.6 Å². The van der Waals surface area contributed by atoms with Gasteiger partial charge in [0.25, 0.3) is 0 Å². The molecule has 1 nitrogen and oxygen atoms in total. The maximum Gasteiger partial charge on any atom is 0.0364 e. The summed E-state index contributed by atoms with van der Waals surface area (Å²) in [6.07, 6.45) is 1.33. The number of hydrogen-bond acceptors (Lipinski definition) is 1. The monoisotopic (exact) mass is 267 g/mol. The Kier molecular flexibility index (Phi) is 3.20. The molecule has 0 radical (unpaired) electrons. The number of rotatable bonds is 2. The van der Waals surface area contributed by atoms with Crippen molar-refractivity contribution in [1.82, 2.24) is 4.90 Å².